The average molecular weight is 536 g/mol. The number of nitrogens with zero attached hydrogens (tertiary/aromatic N) is 2. The number of pyridine rings is 1. The number of benzene rings is 1. The van der Waals surface area contributed by atoms with Gasteiger partial charge in [-0.2, -0.15) is 0 Å². The summed E-state index contributed by atoms with van der Waals surface area (Å²) in [6.45, 7) is 0.863. The highest BCUT2D eigenvalue weighted by atomic mass is 31.2. The molecule has 2 aromatic rings. The second-order valence-corrected chi connectivity index (χ2v) is 12.0. The van der Waals surface area contributed by atoms with E-state index in [1.54, 1.807) is 0 Å². The molecule has 190 valence electrons. The van der Waals surface area contributed by atoms with Crippen LogP contribution in [-0.2, 0) is 29.3 Å². The maximum atomic E-state index is 14.8. The van der Waals surface area contributed by atoms with Crippen LogP contribution in [0.5, 0.6) is 5.75 Å². The van der Waals surface area contributed by atoms with Gasteiger partial charge < -0.3 is 29.3 Å². The largest absolute Gasteiger partial charge is 0.415 e. The van der Waals surface area contributed by atoms with Crippen LogP contribution in [0.15, 0.2) is 36.7 Å². The molecule has 0 aliphatic carbocycles. The number of aromatic nitrogens is 1. The molecule has 2 fully saturated rings. The number of ether oxygens (including phenoxy) is 2. The molecule has 0 spiro atoms. The summed E-state index contributed by atoms with van der Waals surface area (Å²) in [5, 5.41) is 7.39. The van der Waals surface area contributed by atoms with Gasteiger partial charge in [0.1, 0.15) is 5.82 Å². The highest BCUT2D eigenvalue weighted by Crippen LogP contribution is 2.79. The summed E-state index contributed by atoms with van der Waals surface area (Å²) < 4.78 is 74.6. The predicted molar refractivity (Wildman–Crippen MR) is 112 cm³/mol. The lowest BCUT2D eigenvalue weighted by molar-refractivity contribution is -0.0597. The van der Waals surface area contributed by atoms with E-state index in [0.717, 1.165) is 0 Å². The van der Waals surface area contributed by atoms with Crippen molar-refractivity contribution < 1.29 is 56.1 Å². The number of hydrogen-bond acceptors (Lipinski definition) is 9. The standard InChI is InChI=1S/C19H20F2N2O10P2/c20-14-9-16(31-18(24)23-4-6-30-7-5-23)15(21)8-13(14)17-32-34(26,27)19(25,35(28,29)33-17)10-12-2-1-3-22-11-12/h1-3,8-9,11,17,25H,4-7,10H2,(H,26,27)(H,28,29). The van der Waals surface area contributed by atoms with E-state index >= 15 is 0 Å². The van der Waals surface area contributed by atoms with Crippen LogP contribution in [0, 0.1) is 11.6 Å². The lowest BCUT2D eigenvalue weighted by Gasteiger charge is -2.41. The number of carbonyl (C=O) groups is 1. The molecule has 2 saturated heterocycles. The van der Waals surface area contributed by atoms with E-state index in [2.05, 4.69) is 4.98 Å². The first-order chi connectivity index (χ1) is 16.4. The van der Waals surface area contributed by atoms with Gasteiger partial charge in [-0.3, -0.25) is 23.2 Å². The zero-order chi connectivity index (χ0) is 25.4. The Balaban J connectivity index is 1.58. The molecule has 1 aromatic heterocycles. The van der Waals surface area contributed by atoms with Gasteiger partial charge in [0, 0.05) is 43.5 Å². The summed E-state index contributed by atoms with van der Waals surface area (Å²) in [6.07, 6.45) is -1.61. The van der Waals surface area contributed by atoms with Gasteiger partial charge in [0.15, 0.2) is 11.6 Å². The van der Waals surface area contributed by atoms with Gasteiger partial charge in [-0.25, -0.2) is 13.6 Å². The topological polar surface area (TPSA) is 165 Å². The fourth-order valence-electron chi connectivity index (χ4n) is 3.40. The minimum atomic E-state index is -5.41. The van der Waals surface area contributed by atoms with Crippen molar-refractivity contribution in [2.75, 3.05) is 26.3 Å². The number of morpholine rings is 1. The van der Waals surface area contributed by atoms with Crippen molar-refractivity contribution in [3.8, 4) is 5.75 Å². The minimum Gasteiger partial charge on any atom is -0.407 e. The molecule has 1 aromatic carbocycles. The molecular weight excluding hydrogens is 516 g/mol. The van der Waals surface area contributed by atoms with Crippen LogP contribution < -0.4 is 4.74 Å². The summed E-state index contributed by atoms with van der Waals surface area (Å²) in [5.74, 6) is -3.42. The molecular formula is C19H20F2N2O10P2. The molecule has 16 heteroatoms. The van der Waals surface area contributed by atoms with Gasteiger partial charge in [-0.1, -0.05) is 6.07 Å². The molecule has 3 N–H and O–H groups in total. The first kappa shape index (κ1) is 25.8. The van der Waals surface area contributed by atoms with E-state index < -0.39 is 62.0 Å². The summed E-state index contributed by atoms with van der Waals surface area (Å²) in [7, 11) is -10.8. The summed E-state index contributed by atoms with van der Waals surface area (Å²) >= 11 is 0. The highest BCUT2D eigenvalue weighted by Gasteiger charge is 2.67. The molecule has 35 heavy (non-hydrogen) atoms. The van der Waals surface area contributed by atoms with Crippen LogP contribution in [0.4, 0.5) is 13.6 Å². The maximum absolute atomic E-state index is 14.8. The van der Waals surface area contributed by atoms with Gasteiger partial charge in [0.05, 0.1) is 13.2 Å². The van der Waals surface area contributed by atoms with E-state index in [-0.39, 0.29) is 31.9 Å². The Morgan fingerprint density at radius 2 is 1.83 bits per heavy atom. The molecule has 0 saturated carbocycles. The molecule has 4 rings (SSSR count). The third-order valence-electron chi connectivity index (χ3n) is 5.32. The van der Waals surface area contributed by atoms with Crippen molar-refractivity contribution in [3.63, 3.8) is 0 Å². The predicted octanol–water partition coefficient (Wildman–Crippen LogP) is 2.50. The van der Waals surface area contributed by atoms with Gasteiger partial charge in [-0.05, 0) is 17.7 Å². The fourth-order valence-corrected chi connectivity index (χ4v) is 6.97. The van der Waals surface area contributed by atoms with Crippen molar-refractivity contribution in [2.45, 2.75) is 17.8 Å². The number of amides is 1. The zero-order valence-corrected chi connectivity index (χ0v) is 19.6. The molecule has 12 nitrogen and oxygen atoms in total. The molecule has 2 atom stereocenters. The van der Waals surface area contributed by atoms with E-state index in [1.807, 2.05) is 0 Å². The molecule has 0 radical (unpaired) electrons. The lowest BCUT2D eigenvalue weighted by atomic mass is 10.2. The quantitative estimate of drug-likeness (QED) is 0.492. The second-order valence-electron chi connectivity index (χ2n) is 7.67. The smallest absolute Gasteiger partial charge is 0.407 e. The van der Waals surface area contributed by atoms with E-state index in [9.17, 15) is 37.6 Å². The van der Waals surface area contributed by atoms with Crippen LogP contribution >= 0.6 is 15.2 Å². The number of rotatable bonds is 4. The van der Waals surface area contributed by atoms with Crippen LogP contribution in [0.25, 0.3) is 0 Å². The van der Waals surface area contributed by atoms with Gasteiger partial charge in [0.25, 0.3) is 5.08 Å². The molecule has 2 unspecified atom stereocenters. The van der Waals surface area contributed by atoms with Crippen molar-refractivity contribution in [3.05, 3.63) is 59.4 Å². The van der Waals surface area contributed by atoms with E-state index in [4.69, 9.17) is 18.5 Å². The maximum Gasteiger partial charge on any atom is 0.415 e. The Labute approximate surface area is 197 Å². The highest BCUT2D eigenvalue weighted by molar-refractivity contribution is 7.73. The third kappa shape index (κ3) is 5.02. The first-order valence-corrected chi connectivity index (χ1v) is 13.3. The molecule has 3 heterocycles. The Kier molecular flexibility index (Phi) is 7.11. The van der Waals surface area contributed by atoms with Crippen LogP contribution in [0.3, 0.4) is 0 Å². The third-order valence-corrected chi connectivity index (χ3v) is 9.92. The van der Waals surface area contributed by atoms with Crippen molar-refractivity contribution in [1.29, 1.82) is 0 Å². The molecule has 0 bridgehead atoms. The van der Waals surface area contributed by atoms with Crippen molar-refractivity contribution in [1.82, 2.24) is 9.88 Å². The monoisotopic (exact) mass is 536 g/mol. The van der Waals surface area contributed by atoms with Crippen molar-refractivity contribution in [2.24, 2.45) is 0 Å². The number of hydrogen-bond donors (Lipinski definition) is 3. The number of aliphatic hydroxyl groups is 1. The summed E-state index contributed by atoms with van der Waals surface area (Å²) in [6, 6.07) is 3.66. The Bertz CT molecular complexity index is 1190. The average Bonchev–Trinajstić information content (AvgIpc) is 2.80. The second kappa shape index (κ2) is 9.64. The number of halogens is 2. The number of carbonyl (C=O) groups excluding carboxylic acids is 1. The van der Waals surface area contributed by atoms with Crippen LogP contribution in [0.1, 0.15) is 17.4 Å². The van der Waals surface area contributed by atoms with Crippen LogP contribution in [0.2, 0.25) is 0 Å². The molecule has 2 aliphatic rings. The Morgan fingerprint density at radius 1 is 1.17 bits per heavy atom. The van der Waals surface area contributed by atoms with Gasteiger partial charge in [-0.15, -0.1) is 0 Å². The Morgan fingerprint density at radius 3 is 2.43 bits per heavy atom. The summed E-state index contributed by atoms with van der Waals surface area (Å²) in [4.78, 5) is 37.8. The zero-order valence-electron chi connectivity index (χ0n) is 17.8. The van der Waals surface area contributed by atoms with E-state index in [1.165, 1.54) is 29.4 Å². The first-order valence-electron chi connectivity index (χ1n) is 10.1. The normalized spacial score (nSPS) is 31.2. The van der Waals surface area contributed by atoms with E-state index in [0.29, 0.717) is 12.1 Å². The minimum absolute atomic E-state index is 0.105. The van der Waals surface area contributed by atoms with Crippen molar-refractivity contribution >= 4 is 21.3 Å². The SMILES string of the molecule is O=C(Oc1cc(F)c(C2OP(=O)(O)C(O)(Cc3cccnc3)P(=O)(O)O2)cc1F)N1CCOCC1. The van der Waals surface area contributed by atoms with Gasteiger partial charge >= 0.3 is 21.3 Å². The van der Waals surface area contributed by atoms with Gasteiger partial charge in [0.2, 0.25) is 6.29 Å². The molecule has 1 amide bonds. The molecule has 2 aliphatic heterocycles. The lowest BCUT2D eigenvalue weighted by Crippen LogP contribution is -2.42. The summed E-state index contributed by atoms with van der Waals surface area (Å²) in [5.41, 5.74) is -0.770. The van der Waals surface area contributed by atoms with Crippen LogP contribution in [-0.4, -0.2) is 62.3 Å². The Hall–Kier alpha value is -2.28. The fraction of sp³-hybridized carbons (Fsp3) is 0.368.